The fraction of sp³-hybridized carbons (Fsp3) is 0.346. The van der Waals surface area contributed by atoms with Crippen LogP contribution in [-0.4, -0.2) is 19.3 Å². The van der Waals surface area contributed by atoms with Gasteiger partial charge in [-0.2, -0.15) is 0 Å². The number of fused-ring (bicyclic) bond motifs is 2. The van der Waals surface area contributed by atoms with Gasteiger partial charge < -0.3 is 10.6 Å². The lowest BCUT2D eigenvalue weighted by Crippen LogP contribution is -2.22. The normalized spacial score (nSPS) is 15.7. The Hall–Kier alpha value is -3.45. The Balaban J connectivity index is 1.48. The maximum Gasteiger partial charge on any atom is 0.276 e. The molecule has 7 nitrogen and oxygen atoms in total. The minimum absolute atomic E-state index is 0.00174. The molecule has 168 valence electrons. The molecule has 1 aliphatic carbocycles. The molecule has 1 aromatic carbocycles. The van der Waals surface area contributed by atoms with Gasteiger partial charge in [-0.1, -0.05) is 32.9 Å². The number of nitrogens with zero attached hydrogens (tertiary/aromatic N) is 4. The van der Waals surface area contributed by atoms with E-state index in [0.29, 0.717) is 11.2 Å². The van der Waals surface area contributed by atoms with Gasteiger partial charge in [-0.15, -0.1) is 0 Å². The van der Waals surface area contributed by atoms with Crippen LogP contribution >= 0.6 is 0 Å². The Morgan fingerprint density at radius 3 is 2.67 bits per heavy atom. The van der Waals surface area contributed by atoms with E-state index in [1.54, 1.807) is 6.20 Å². The quantitative estimate of drug-likeness (QED) is 0.486. The van der Waals surface area contributed by atoms with Crippen LogP contribution in [0, 0.1) is 0 Å². The van der Waals surface area contributed by atoms with Gasteiger partial charge in [0, 0.05) is 42.1 Å². The van der Waals surface area contributed by atoms with Crippen LogP contribution in [0.15, 0.2) is 53.5 Å². The van der Waals surface area contributed by atoms with Crippen molar-refractivity contribution in [3.8, 4) is 5.82 Å². The highest BCUT2D eigenvalue weighted by atomic mass is 16.1. The van der Waals surface area contributed by atoms with E-state index in [2.05, 4.69) is 54.6 Å². The van der Waals surface area contributed by atoms with E-state index in [0.717, 1.165) is 48.6 Å². The van der Waals surface area contributed by atoms with E-state index in [-0.39, 0.29) is 17.0 Å². The van der Waals surface area contributed by atoms with Gasteiger partial charge in [0.2, 0.25) is 0 Å². The molecule has 1 fully saturated rings. The van der Waals surface area contributed by atoms with Crippen LogP contribution in [0.5, 0.6) is 0 Å². The summed E-state index contributed by atoms with van der Waals surface area (Å²) in [4.78, 5) is 22.9. The molecular formula is C26H28N6O. The molecule has 4 heterocycles. The van der Waals surface area contributed by atoms with Crippen molar-refractivity contribution in [2.75, 3.05) is 5.32 Å². The standard InChI is InChI=1S/C26H28N6O/c1-26(2,3)22-5-4-6-24(30-22)32-21-12-23(28-15-20(21)25(33)31(32)19-9-10-19)29-18-8-7-16-13-27-14-17(16)11-18/h4-8,11-12,15,19,27H,9-10,13-14H2,1-3H3,(H,28,29). The summed E-state index contributed by atoms with van der Waals surface area (Å²) in [5.41, 5.74) is 5.37. The summed E-state index contributed by atoms with van der Waals surface area (Å²) in [6.45, 7) is 8.26. The number of aromatic nitrogens is 4. The summed E-state index contributed by atoms with van der Waals surface area (Å²) < 4.78 is 3.86. The minimum atomic E-state index is -0.0830. The molecule has 2 N–H and O–H groups in total. The maximum absolute atomic E-state index is 13.3. The molecule has 0 spiro atoms. The van der Waals surface area contributed by atoms with E-state index in [1.165, 1.54) is 11.1 Å². The highest BCUT2D eigenvalue weighted by Gasteiger charge is 2.31. The zero-order valence-electron chi connectivity index (χ0n) is 19.2. The molecule has 0 atom stereocenters. The predicted molar refractivity (Wildman–Crippen MR) is 130 cm³/mol. The minimum Gasteiger partial charge on any atom is -0.340 e. The number of hydrogen-bond acceptors (Lipinski definition) is 5. The molecule has 6 rings (SSSR count). The van der Waals surface area contributed by atoms with E-state index >= 15 is 0 Å². The van der Waals surface area contributed by atoms with E-state index in [1.807, 2.05) is 33.6 Å². The van der Waals surface area contributed by atoms with Crippen molar-refractivity contribution >= 4 is 22.4 Å². The summed E-state index contributed by atoms with van der Waals surface area (Å²) in [6, 6.07) is 14.6. The lowest BCUT2D eigenvalue weighted by atomic mass is 9.92. The van der Waals surface area contributed by atoms with Crippen molar-refractivity contribution in [3.05, 3.63) is 75.8 Å². The molecule has 0 amide bonds. The SMILES string of the molecule is CC(C)(C)c1cccc(-n2c3cc(Nc4ccc5c(c4)CNC5)ncc3c(=O)n2C2CC2)n1. The van der Waals surface area contributed by atoms with Crippen molar-refractivity contribution in [3.63, 3.8) is 0 Å². The van der Waals surface area contributed by atoms with Gasteiger partial charge in [0.15, 0.2) is 5.82 Å². The van der Waals surface area contributed by atoms with E-state index in [4.69, 9.17) is 4.98 Å². The van der Waals surface area contributed by atoms with Crippen LogP contribution in [0.3, 0.4) is 0 Å². The first-order valence-electron chi connectivity index (χ1n) is 11.6. The van der Waals surface area contributed by atoms with Crippen molar-refractivity contribution in [1.29, 1.82) is 0 Å². The monoisotopic (exact) mass is 440 g/mol. The smallest absolute Gasteiger partial charge is 0.276 e. The second kappa shape index (κ2) is 7.28. The number of nitrogens with one attached hydrogen (secondary N) is 2. The Morgan fingerprint density at radius 1 is 1.06 bits per heavy atom. The third kappa shape index (κ3) is 3.53. The largest absolute Gasteiger partial charge is 0.340 e. The molecule has 4 aromatic rings. The fourth-order valence-corrected chi connectivity index (χ4v) is 4.54. The van der Waals surface area contributed by atoms with Crippen LogP contribution in [-0.2, 0) is 18.5 Å². The molecule has 33 heavy (non-hydrogen) atoms. The predicted octanol–water partition coefficient (Wildman–Crippen LogP) is 4.56. The Kier molecular flexibility index (Phi) is 4.45. The van der Waals surface area contributed by atoms with Gasteiger partial charge >= 0.3 is 0 Å². The third-order valence-corrected chi connectivity index (χ3v) is 6.49. The summed E-state index contributed by atoms with van der Waals surface area (Å²) in [6.07, 6.45) is 3.71. The Morgan fingerprint density at radius 2 is 1.88 bits per heavy atom. The molecule has 0 saturated heterocycles. The van der Waals surface area contributed by atoms with Gasteiger partial charge in [0.05, 0.1) is 16.9 Å². The average molecular weight is 441 g/mol. The van der Waals surface area contributed by atoms with Crippen molar-refractivity contribution in [2.24, 2.45) is 0 Å². The van der Waals surface area contributed by atoms with Crippen LogP contribution in [0.1, 0.15) is 56.5 Å². The summed E-state index contributed by atoms with van der Waals surface area (Å²) in [7, 11) is 0. The first-order valence-corrected chi connectivity index (χ1v) is 11.6. The molecule has 0 radical (unpaired) electrons. The van der Waals surface area contributed by atoms with Crippen LogP contribution < -0.4 is 16.2 Å². The highest BCUT2D eigenvalue weighted by molar-refractivity contribution is 5.82. The van der Waals surface area contributed by atoms with Crippen LogP contribution in [0.25, 0.3) is 16.7 Å². The number of hydrogen-bond donors (Lipinski definition) is 2. The molecule has 2 aliphatic rings. The molecular weight excluding hydrogens is 412 g/mol. The highest BCUT2D eigenvalue weighted by Crippen LogP contribution is 2.36. The Bertz CT molecular complexity index is 1440. The van der Waals surface area contributed by atoms with Crippen molar-refractivity contribution in [2.45, 2.75) is 58.2 Å². The fourth-order valence-electron chi connectivity index (χ4n) is 4.54. The lowest BCUT2D eigenvalue weighted by molar-refractivity contribution is 0.539. The van der Waals surface area contributed by atoms with Gasteiger partial charge in [0.25, 0.3) is 5.56 Å². The number of benzene rings is 1. The number of pyridine rings is 2. The Labute approximate surface area is 192 Å². The summed E-state index contributed by atoms with van der Waals surface area (Å²) >= 11 is 0. The van der Waals surface area contributed by atoms with Crippen LogP contribution in [0.2, 0.25) is 0 Å². The topological polar surface area (TPSA) is 76.8 Å². The first-order chi connectivity index (χ1) is 15.9. The first kappa shape index (κ1) is 20.2. The zero-order chi connectivity index (χ0) is 22.7. The third-order valence-electron chi connectivity index (χ3n) is 6.49. The number of anilines is 2. The molecule has 7 heteroatoms. The van der Waals surface area contributed by atoms with Crippen molar-refractivity contribution < 1.29 is 0 Å². The van der Waals surface area contributed by atoms with Crippen LogP contribution in [0.4, 0.5) is 11.5 Å². The maximum atomic E-state index is 13.3. The number of rotatable bonds is 4. The second-order valence-corrected chi connectivity index (χ2v) is 10.1. The molecule has 3 aromatic heterocycles. The van der Waals surface area contributed by atoms with Gasteiger partial charge in [-0.25, -0.2) is 19.3 Å². The zero-order valence-corrected chi connectivity index (χ0v) is 19.2. The molecule has 0 bridgehead atoms. The average Bonchev–Trinajstić information content (AvgIpc) is 3.45. The molecule has 1 saturated carbocycles. The van der Waals surface area contributed by atoms with E-state index in [9.17, 15) is 4.79 Å². The molecule has 0 unspecified atom stereocenters. The van der Waals surface area contributed by atoms with Gasteiger partial charge in [-0.05, 0) is 48.2 Å². The summed E-state index contributed by atoms with van der Waals surface area (Å²) in [5.74, 6) is 1.48. The van der Waals surface area contributed by atoms with Gasteiger partial charge in [0.1, 0.15) is 5.82 Å². The summed E-state index contributed by atoms with van der Waals surface area (Å²) in [5, 5.41) is 7.43. The molecule has 1 aliphatic heterocycles. The van der Waals surface area contributed by atoms with Crippen molar-refractivity contribution in [1.82, 2.24) is 24.6 Å². The second-order valence-electron chi connectivity index (χ2n) is 10.1. The van der Waals surface area contributed by atoms with Gasteiger partial charge in [-0.3, -0.25) is 4.79 Å². The van der Waals surface area contributed by atoms with E-state index < -0.39 is 0 Å². The lowest BCUT2D eigenvalue weighted by Gasteiger charge is -2.19.